The number of aromatic carboxylic acids is 1. The maximum absolute atomic E-state index is 11.0. The first-order valence-corrected chi connectivity index (χ1v) is 4.43. The van der Waals surface area contributed by atoms with Gasteiger partial charge in [-0.1, -0.05) is 19.0 Å². The molecule has 1 atom stereocenters. The van der Waals surface area contributed by atoms with Crippen molar-refractivity contribution < 1.29 is 14.4 Å². The highest BCUT2D eigenvalue weighted by Gasteiger charge is 2.25. The third kappa shape index (κ3) is 1.77. The van der Waals surface area contributed by atoms with Gasteiger partial charge < -0.3 is 15.4 Å². The second-order valence-corrected chi connectivity index (χ2v) is 3.56. The molecule has 1 heterocycles. The van der Waals surface area contributed by atoms with Crippen molar-refractivity contribution in [3.8, 4) is 0 Å². The van der Waals surface area contributed by atoms with E-state index in [-0.39, 0.29) is 11.5 Å². The van der Waals surface area contributed by atoms with E-state index in [4.69, 9.17) is 15.4 Å². The molecule has 5 nitrogen and oxygen atoms in total. The summed E-state index contributed by atoms with van der Waals surface area (Å²) in [4.78, 5) is 11.0. The van der Waals surface area contributed by atoms with Crippen molar-refractivity contribution in [2.45, 2.75) is 32.7 Å². The molecule has 1 rings (SSSR count). The highest BCUT2D eigenvalue weighted by Crippen LogP contribution is 2.25. The van der Waals surface area contributed by atoms with Crippen molar-refractivity contribution in [3.63, 3.8) is 0 Å². The predicted octanol–water partition coefficient (Wildman–Crippen LogP) is 1.52. The van der Waals surface area contributed by atoms with Crippen molar-refractivity contribution in [2.24, 2.45) is 5.73 Å². The third-order valence-electron chi connectivity index (χ3n) is 1.91. The van der Waals surface area contributed by atoms with E-state index in [9.17, 15) is 4.79 Å². The largest absolute Gasteiger partial charge is 0.477 e. The Labute approximate surface area is 81.9 Å². The van der Waals surface area contributed by atoms with Crippen LogP contribution in [0.15, 0.2) is 4.52 Å². The van der Waals surface area contributed by atoms with Gasteiger partial charge in [0.1, 0.15) is 11.3 Å². The molecule has 0 fully saturated rings. The number of aromatic nitrogens is 1. The van der Waals surface area contributed by atoms with Gasteiger partial charge in [0.05, 0.1) is 0 Å². The average molecular weight is 198 g/mol. The van der Waals surface area contributed by atoms with E-state index in [0.29, 0.717) is 11.5 Å². The van der Waals surface area contributed by atoms with Crippen LogP contribution in [0.3, 0.4) is 0 Å². The van der Waals surface area contributed by atoms with Crippen LogP contribution >= 0.6 is 0 Å². The molecule has 0 radical (unpaired) electrons. The highest BCUT2D eigenvalue weighted by atomic mass is 16.5. The fourth-order valence-corrected chi connectivity index (χ4v) is 1.24. The number of carboxylic acid groups (broad SMARTS) is 1. The molecule has 78 valence electrons. The first-order chi connectivity index (χ1) is 6.45. The van der Waals surface area contributed by atoms with E-state index in [1.807, 2.05) is 13.8 Å². The molecule has 14 heavy (non-hydrogen) atoms. The number of carbonyl (C=O) groups is 1. The van der Waals surface area contributed by atoms with E-state index < -0.39 is 12.0 Å². The molecule has 0 saturated carbocycles. The van der Waals surface area contributed by atoms with Crippen molar-refractivity contribution >= 4 is 5.97 Å². The summed E-state index contributed by atoms with van der Waals surface area (Å²) in [7, 11) is 0. The third-order valence-corrected chi connectivity index (χ3v) is 1.91. The van der Waals surface area contributed by atoms with Gasteiger partial charge in [0.2, 0.25) is 0 Å². The molecule has 0 amide bonds. The van der Waals surface area contributed by atoms with Crippen LogP contribution in [0.5, 0.6) is 0 Å². The van der Waals surface area contributed by atoms with Gasteiger partial charge in [-0.15, -0.1) is 0 Å². The first-order valence-electron chi connectivity index (χ1n) is 4.43. The van der Waals surface area contributed by atoms with Crippen LogP contribution < -0.4 is 5.73 Å². The zero-order chi connectivity index (χ0) is 10.9. The fraction of sp³-hybridized carbons (Fsp3) is 0.556. The number of hydrogen-bond acceptors (Lipinski definition) is 4. The summed E-state index contributed by atoms with van der Waals surface area (Å²) in [6.45, 7) is 5.37. The molecule has 0 unspecified atom stereocenters. The molecule has 1 aromatic heterocycles. The summed E-state index contributed by atoms with van der Waals surface area (Å²) in [5.41, 5.74) is 5.99. The second-order valence-electron chi connectivity index (χ2n) is 3.56. The van der Waals surface area contributed by atoms with E-state index >= 15 is 0 Å². The predicted molar refractivity (Wildman–Crippen MR) is 50.2 cm³/mol. The lowest BCUT2D eigenvalue weighted by atomic mass is 10.0. The van der Waals surface area contributed by atoms with Crippen LogP contribution in [-0.2, 0) is 0 Å². The van der Waals surface area contributed by atoms with Crippen LogP contribution in [0.4, 0.5) is 0 Å². The number of nitrogens with zero attached hydrogens (tertiary/aromatic N) is 1. The zero-order valence-electron chi connectivity index (χ0n) is 8.44. The van der Waals surface area contributed by atoms with Gasteiger partial charge >= 0.3 is 5.97 Å². The van der Waals surface area contributed by atoms with Crippen molar-refractivity contribution in [2.75, 3.05) is 0 Å². The maximum atomic E-state index is 11.0. The number of nitrogens with two attached hydrogens (primary N) is 1. The first kappa shape index (κ1) is 10.7. The minimum absolute atomic E-state index is 0.0129. The molecular weight excluding hydrogens is 184 g/mol. The van der Waals surface area contributed by atoms with Gasteiger partial charge in [-0.2, -0.15) is 0 Å². The SMILES string of the molecule is CC(C)c1onc([C@H](C)N)c1C(=O)O. The minimum atomic E-state index is -1.04. The summed E-state index contributed by atoms with van der Waals surface area (Å²) in [5.74, 6) is -0.673. The molecule has 0 aliphatic heterocycles. The van der Waals surface area contributed by atoms with Gasteiger partial charge in [0.25, 0.3) is 0 Å². The van der Waals surface area contributed by atoms with Gasteiger partial charge in [0, 0.05) is 12.0 Å². The topological polar surface area (TPSA) is 89.4 Å². The number of hydrogen-bond donors (Lipinski definition) is 2. The Morgan fingerprint density at radius 3 is 2.43 bits per heavy atom. The van der Waals surface area contributed by atoms with Gasteiger partial charge in [-0.3, -0.25) is 0 Å². The Bertz CT molecular complexity index is 316. The quantitative estimate of drug-likeness (QED) is 0.768. The molecule has 0 aromatic carbocycles. The molecule has 1 aromatic rings. The summed E-state index contributed by atoms with van der Waals surface area (Å²) in [5, 5.41) is 12.7. The summed E-state index contributed by atoms with van der Waals surface area (Å²) < 4.78 is 4.97. The van der Waals surface area contributed by atoms with Crippen LogP contribution in [-0.4, -0.2) is 16.2 Å². The molecule has 0 spiro atoms. The Morgan fingerprint density at radius 1 is 1.50 bits per heavy atom. The summed E-state index contributed by atoms with van der Waals surface area (Å²) in [6, 6.07) is -0.433. The average Bonchev–Trinajstić information content (AvgIpc) is 2.46. The maximum Gasteiger partial charge on any atom is 0.341 e. The van der Waals surface area contributed by atoms with Crippen molar-refractivity contribution in [1.82, 2.24) is 5.16 Å². The van der Waals surface area contributed by atoms with E-state index in [1.54, 1.807) is 6.92 Å². The molecular formula is C9H14N2O3. The Balaban J connectivity index is 3.28. The van der Waals surface area contributed by atoms with Crippen molar-refractivity contribution in [1.29, 1.82) is 0 Å². The lowest BCUT2D eigenvalue weighted by molar-refractivity contribution is 0.0692. The van der Waals surface area contributed by atoms with Gasteiger partial charge in [-0.25, -0.2) is 4.79 Å². The Hall–Kier alpha value is -1.36. The van der Waals surface area contributed by atoms with Crippen molar-refractivity contribution in [3.05, 3.63) is 17.0 Å². The van der Waals surface area contributed by atoms with Crippen LogP contribution in [0.2, 0.25) is 0 Å². The smallest absolute Gasteiger partial charge is 0.341 e. The van der Waals surface area contributed by atoms with Gasteiger partial charge in [-0.05, 0) is 6.92 Å². The molecule has 0 bridgehead atoms. The van der Waals surface area contributed by atoms with Crippen LogP contribution in [0, 0.1) is 0 Å². The highest BCUT2D eigenvalue weighted by molar-refractivity contribution is 5.90. The lowest BCUT2D eigenvalue weighted by Crippen LogP contribution is -2.12. The Morgan fingerprint density at radius 2 is 2.07 bits per heavy atom. The molecule has 3 N–H and O–H groups in total. The van der Waals surface area contributed by atoms with Gasteiger partial charge in [0.15, 0.2) is 5.76 Å². The molecule has 0 saturated heterocycles. The van der Waals surface area contributed by atoms with E-state index in [0.717, 1.165) is 0 Å². The number of carboxylic acids is 1. The Kier molecular flexibility index (Phi) is 2.90. The summed E-state index contributed by atoms with van der Waals surface area (Å²) >= 11 is 0. The molecule has 5 heteroatoms. The lowest BCUT2D eigenvalue weighted by Gasteiger charge is -2.03. The number of rotatable bonds is 3. The molecule has 0 aliphatic carbocycles. The van der Waals surface area contributed by atoms with Crippen LogP contribution in [0.25, 0.3) is 0 Å². The normalized spacial score (nSPS) is 13.2. The van der Waals surface area contributed by atoms with E-state index in [1.165, 1.54) is 0 Å². The minimum Gasteiger partial charge on any atom is -0.477 e. The fourth-order valence-electron chi connectivity index (χ4n) is 1.24. The summed E-state index contributed by atoms with van der Waals surface area (Å²) in [6.07, 6.45) is 0. The molecule has 0 aliphatic rings. The zero-order valence-corrected chi connectivity index (χ0v) is 8.44. The van der Waals surface area contributed by atoms with E-state index in [2.05, 4.69) is 5.16 Å². The standard InChI is InChI=1S/C9H14N2O3/c1-4(2)8-6(9(12)13)7(5(3)10)11-14-8/h4-5H,10H2,1-3H3,(H,12,13)/t5-/m0/s1. The van der Waals surface area contributed by atoms with Crippen LogP contribution in [0.1, 0.15) is 54.5 Å². The second kappa shape index (κ2) is 3.79. The monoisotopic (exact) mass is 198 g/mol.